The molecule has 4 heteroatoms. The number of aryl methyl sites for hydroxylation is 2. The van der Waals surface area contributed by atoms with Crippen LogP contribution in [0.1, 0.15) is 27.8 Å². The average Bonchev–Trinajstić information content (AvgIpc) is 2.71. The SMILES string of the molecule is Cc1ccc(NC(=S)NCc2ccc(COCc3ccccc3)cc2)cc1C. The van der Waals surface area contributed by atoms with E-state index >= 15 is 0 Å². The molecule has 0 amide bonds. The largest absolute Gasteiger partial charge is 0.372 e. The van der Waals surface area contributed by atoms with Crippen molar-refractivity contribution in [1.29, 1.82) is 0 Å². The monoisotopic (exact) mass is 390 g/mol. The Balaban J connectivity index is 1.42. The van der Waals surface area contributed by atoms with Crippen molar-refractivity contribution in [2.75, 3.05) is 5.32 Å². The lowest BCUT2D eigenvalue weighted by Crippen LogP contribution is -2.27. The normalized spacial score (nSPS) is 10.5. The lowest BCUT2D eigenvalue weighted by molar-refractivity contribution is 0.107. The third kappa shape index (κ3) is 6.19. The molecule has 3 aromatic rings. The molecule has 0 radical (unpaired) electrons. The highest BCUT2D eigenvalue weighted by atomic mass is 32.1. The van der Waals surface area contributed by atoms with Gasteiger partial charge in [-0.2, -0.15) is 0 Å². The number of hydrogen-bond donors (Lipinski definition) is 2. The zero-order valence-corrected chi connectivity index (χ0v) is 17.2. The third-order valence-corrected chi connectivity index (χ3v) is 4.87. The molecule has 144 valence electrons. The number of rotatable bonds is 7. The number of ether oxygens (including phenoxy) is 1. The first kappa shape index (κ1) is 20.1. The fourth-order valence-corrected chi connectivity index (χ4v) is 2.98. The van der Waals surface area contributed by atoms with Gasteiger partial charge in [-0.3, -0.25) is 0 Å². The fraction of sp³-hybridized carbons (Fsp3) is 0.208. The Morgan fingerprint density at radius 2 is 1.43 bits per heavy atom. The maximum atomic E-state index is 5.78. The van der Waals surface area contributed by atoms with Gasteiger partial charge in [-0.1, -0.05) is 60.7 Å². The summed E-state index contributed by atoms with van der Waals surface area (Å²) in [5.74, 6) is 0. The standard InChI is InChI=1S/C24H26N2OS/c1-18-8-13-23(14-19(18)2)26-24(28)25-15-20-9-11-22(12-10-20)17-27-16-21-6-4-3-5-7-21/h3-14H,15-17H2,1-2H3,(H2,25,26,28). The van der Waals surface area contributed by atoms with E-state index in [-0.39, 0.29) is 0 Å². The predicted molar refractivity (Wildman–Crippen MR) is 120 cm³/mol. The quantitative estimate of drug-likeness (QED) is 0.522. The second-order valence-corrected chi connectivity index (χ2v) is 7.31. The summed E-state index contributed by atoms with van der Waals surface area (Å²) in [5.41, 5.74) is 7.06. The second-order valence-electron chi connectivity index (χ2n) is 6.90. The Kier molecular flexibility index (Phi) is 7.18. The number of anilines is 1. The van der Waals surface area contributed by atoms with E-state index in [1.165, 1.54) is 22.3 Å². The van der Waals surface area contributed by atoms with Crippen molar-refractivity contribution in [3.05, 3.63) is 101 Å². The molecule has 0 heterocycles. The highest BCUT2D eigenvalue weighted by Gasteiger charge is 2.01. The molecule has 2 N–H and O–H groups in total. The van der Waals surface area contributed by atoms with Crippen LogP contribution >= 0.6 is 12.2 Å². The molecule has 0 aliphatic heterocycles. The van der Waals surface area contributed by atoms with Crippen LogP contribution in [-0.4, -0.2) is 5.11 Å². The molecule has 0 aliphatic carbocycles. The van der Waals surface area contributed by atoms with Crippen LogP contribution in [-0.2, 0) is 24.5 Å². The minimum Gasteiger partial charge on any atom is -0.372 e. The maximum absolute atomic E-state index is 5.78. The Bertz CT molecular complexity index is 908. The molecule has 0 aromatic heterocycles. The van der Waals surface area contributed by atoms with Crippen molar-refractivity contribution in [1.82, 2.24) is 5.32 Å². The summed E-state index contributed by atoms with van der Waals surface area (Å²) in [6.07, 6.45) is 0. The minimum absolute atomic E-state index is 0.606. The van der Waals surface area contributed by atoms with Crippen LogP contribution in [0.5, 0.6) is 0 Å². The van der Waals surface area contributed by atoms with Gasteiger partial charge in [-0.05, 0) is 66.0 Å². The lowest BCUT2D eigenvalue weighted by atomic mass is 10.1. The predicted octanol–water partition coefficient (Wildman–Crippen LogP) is 5.51. The van der Waals surface area contributed by atoms with Crippen molar-refractivity contribution in [2.45, 2.75) is 33.6 Å². The molecule has 3 aromatic carbocycles. The highest BCUT2D eigenvalue weighted by molar-refractivity contribution is 7.80. The number of thiocarbonyl (C=S) groups is 1. The zero-order valence-electron chi connectivity index (χ0n) is 16.4. The maximum Gasteiger partial charge on any atom is 0.171 e. The van der Waals surface area contributed by atoms with Gasteiger partial charge >= 0.3 is 0 Å². The summed E-state index contributed by atoms with van der Waals surface area (Å²) in [7, 11) is 0. The van der Waals surface area contributed by atoms with Crippen LogP contribution < -0.4 is 10.6 Å². The summed E-state index contributed by atoms with van der Waals surface area (Å²) in [5, 5.41) is 7.11. The Morgan fingerprint density at radius 3 is 2.11 bits per heavy atom. The average molecular weight is 391 g/mol. The highest BCUT2D eigenvalue weighted by Crippen LogP contribution is 2.14. The van der Waals surface area contributed by atoms with E-state index in [2.05, 4.69) is 73.0 Å². The van der Waals surface area contributed by atoms with Crippen LogP contribution in [0.2, 0.25) is 0 Å². The molecule has 0 fully saturated rings. The summed E-state index contributed by atoms with van der Waals surface area (Å²) >= 11 is 5.40. The number of hydrogen-bond acceptors (Lipinski definition) is 2. The van der Waals surface area contributed by atoms with Gasteiger partial charge in [0, 0.05) is 12.2 Å². The van der Waals surface area contributed by atoms with Gasteiger partial charge in [-0.15, -0.1) is 0 Å². The summed E-state index contributed by atoms with van der Waals surface area (Å²) in [6, 6.07) is 24.9. The third-order valence-electron chi connectivity index (χ3n) is 4.62. The van der Waals surface area contributed by atoms with Gasteiger partial charge in [0.2, 0.25) is 0 Å². The van der Waals surface area contributed by atoms with Crippen LogP contribution in [0.4, 0.5) is 5.69 Å². The summed E-state index contributed by atoms with van der Waals surface area (Å²) in [6.45, 7) is 6.12. The smallest absolute Gasteiger partial charge is 0.171 e. The van der Waals surface area contributed by atoms with Crippen LogP contribution in [0.15, 0.2) is 72.8 Å². The van der Waals surface area contributed by atoms with Gasteiger partial charge in [0.15, 0.2) is 5.11 Å². The molecule has 0 saturated carbocycles. The van der Waals surface area contributed by atoms with E-state index < -0.39 is 0 Å². The van der Waals surface area contributed by atoms with Crippen molar-refractivity contribution < 1.29 is 4.74 Å². The first-order valence-corrected chi connectivity index (χ1v) is 9.82. The fourth-order valence-electron chi connectivity index (χ4n) is 2.79. The summed E-state index contributed by atoms with van der Waals surface area (Å²) < 4.78 is 5.78. The molecule has 0 aliphatic rings. The van der Waals surface area contributed by atoms with E-state index in [4.69, 9.17) is 17.0 Å². The van der Waals surface area contributed by atoms with Crippen molar-refractivity contribution in [3.63, 3.8) is 0 Å². The van der Waals surface area contributed by atoms with Crippen LogP contribution in [0, 0.1) is 13.8 Å². The molecule has 0 atom stereocenters. The van der Waals surface area contributed by atoms with Gasteiger partial charge in [0.1, 0.15) is 0 Å². The first-order valence-electron chi connectivity index (χ1n) is 9.42. The number of benzene rings is 3. The Hall–Kier alpha value is -2.69. The minimum atomic E-state index is 0.606. The Morgan fingerprint density at radius 1 is 0.786 bits per heavy atom. The van der Waals surface area contributed by atoms with Crippen molar-refractivity contribution in [3.8, 4) is 0 Å². The van der Waals surface area contributed by atoms with Crippen molar-refractivity contribution >= 4 is 23.0 Å². The van der Waals surface area contributed by atoms with Gasteiger partial charge < -0.3 is 15.4 Å². The zero-order chi connectivity index (χ0) is 19.8. The molecule has 3 nitrogen and oxygen atoms in total. The first-order chi connectivity index (χ1) is 13.6. The van der Waals surface area contributed by atoms with Gasteiger partial charge in [0.05, 0.1) is 13.2 Å². The molecule has 0 spiro atoms. The van der Waals surface area contributed by atoms with E-state index in [0.717, 1.165) is 11.3 Å². The topological polar surface area (TPSA) is 33.3 Å². The van der Waals surface area contributed by atoms with Crippen molar-refractivity contribution in [2.24, 2.45) is 0 Å². The van der Waals surface area contributed by atoms with E-state index in [9.17, 15) is 0 Å². The lowest BCUT2D eigenvalue weighted by Gasteiger charge is -2.12. The van der Waals surface area contributed by atoms with Crippen LogP contribution in [0.25, 0.3) is 0 Å². The second kappa shape index (κ2) is 10.0. The van der Waals surface area contributed by atoms with E-state index in [1.54, 1.807) is 0 Å². The van der Waals surface area contributed by atoms with Gasteiger partial charge in [-0.25, -0.2) is 0 Å². The van der Waals surface area contributed by atoms with E-state index in [1.807, 2.05) is 24.3 Å². The molecule has 3 rings (SSSR count). The molecule has 0 bridgehead atoms. The van der Waals surface area contributed by atoms with Crippen LogP contribution in [0.3, 0.4) is 0 Å². The summed E-state index contributed by atoms with van der Waals surface area (Å²) in [4.78, 5) is 0. The Labute approximate surface area is 172 Å². The molecule has 28 heavy (non-hydrogen) atoms. The number of nitrogens with one attached hydrogen (secondary N) is 2. The molecular weight excluding hydrogens is 364 g/mol. The molecule has 0 saturated heterocycles. The molecular formula is C24H26N2OS. The van der Waals surface area contributed by atoms with E-state index in [0.29, 0.717) is 24.9 Å². The molecule has 0 unspecified atom stereocenters. The van der Waals surface area contributed by atoms with Gasteiger partial charge in [0.25, 0.3) is 0 Å².